The highest BCUT2D eigenvalue weighted by atomic mass is 16.5. The minimum Gasteiger partial charge on any atom is -0.483 e. The molecule has 0 heterocycles. The molecule has 0 fully saturated rings. The third-order valence-electron chi connectivity index (χ3n) is 5.24. The molecule has 0 saturated heterocycles. The summed E-state index contributed by atoms with van der Waals surface area (Å²) in [5.41, 5.74) is 3.95. The molecule has 2 N–H and O–H groups in total. The van der Waals surface area contributed by atoms with Crippen LogP contribution in [-0.4, -0.2) is 18.4 Å². The zero-order valence-corrected chi connectivity index (χ0v) is 18.1. The van der Waals surface area contributed by atoms with Crippen LogP contribution in [0, 0.1) is 6.92 Å². The third kappa shape index (κ3) is 5.95. The van der Waals surface area contributed by atoms with Gasteiger partial charge in [0.2, 0.25) is 0 Å². The lowest BCUT2D eigenvalue weighted by atomic mass is 9.98. The highest BCUT2D eigenvalue weighted by Crippen LogP contribution is 2.28. The maximum absolute atomic E-state index is 12.4. The number of benzene rings is 3. The van der Waals surface area contributed by atoms with Crippen LogP contribution >= 0.6 is 0 Å². The molecule has 0 aromatic heterocycles. The van der Waals surface area contributed by atoms with Gasteiger partial charge in [-0.05, 0) is 66.8 Å². The van der Waals surface area contributed by atoms with E-state index in [2.05, 4.69) is 24.5 Å². The van der Waals surface area contributed by atoms with Gasteiger partial charge >= 0.3 is 0 Å². The average molecular weight is 417 g/mol. The van der Waals surface area contributed by atoms with Crippen molar-refractivity contribution in [3.05, 3.63) is 89.5 Å². The molecule has 5 nitrogen and oxygen atoms in total. The Bertz CT molecular complexity index is 1040. The molecule has 0 radical (unpaired) electrons. The lowest BCUT2D eigenvalue weighted by Gasteiger charge is -2.15. The summed E-state index contributed by atoms with van der Waals surface area (Å²) >= 11 is 0. The van der Waals surface area contributed by atoms with Crippen molar-refractivity contribution in [2.75, 3.05) is 17.2 Å². The predicted octanol–water partition coefficient (Wildman–Crippen LogP) is 5.78. The maximum atomic E-state index is 12.4. The van der Waals surface area contributed by atoms with Crippen LogP contribution in [-0.2, 0) is 4.79 Å². The second-order valence-electron chi connectivity index (χ2n) is 7.53. The first-order valence-electron chi connectivity index (χ1n) is 10.5. The minimum atomic E-state index is -0.240. The number of anilines is 2. The fourth-order valence-corrected chi connectivity index (χ4v) is 3.24. The SMILES string of the molecule is CCC(C)c1ccccc1OCC(=O)Nc1ccc(NC(=O)c2ccccc2C)cc1. The van der Waals surface area contributed by atoms with E-state index >= 15 is 0 Å². The summed E-state index contributed by atoms with van der Waals surface area (Å²) in [7, 11) is 0. The molecule has 1 atom stereocenters. The molecule has 1 unspecified atom stereocenters. The Morgan fingerprint density at radius 1 is 0.871 bits per heavy atom. The van der Waals surface area contributed by atoms with Gasteiger partial charge in [-0.2, -0.15) is 0 Å². The Hall–Kier alpha value is -3.60. The van der Waals surface area contributed by atoms with Gasteiger partial charge in [-0.3, -0.25) is 9.59 Å². The number of carbonyl (C=O) groups is 2. The quantitative estimate of drug-likeness (QED) is 0.489. The van der Waals surface area contributed by atoms with Crippen LogP contribution in [0.1, 0.15) is 47.7 Å². The lowest BCUT2D eigenvalue weighted by molar-refractivity contribution is -0.118. The second kappa shape index (κ2) is 10.4. The van der Waals surface area contributed by atoms with Crippen molar-refractivity contribution < 1.29 is 14.3 Å². The Morgan fingerprint density at radius 2 is 1.48 bits per heavy atom. The third-order valence-corrected chi connectivity index (χ3v) is 5.24. The number of carbonyl (C=O) groups excluding carboxylic acids is 2. The van der Waals surface area contributed by atoms with Crippen molar-refractivity contribution in [1.82, 2.24) is 0 Å². The Balaban J connectivity index is 1.55. The van der Waals surface area contributed by atoms with E-state index in [1.807, 2.05) is 49.4 Å². The smallest absolute Gasteiger partial charge is 0.262 e. The fraction of sp³-hybridized carbons (Fsp3) is 0.231. The zero-order valence-electron chi connectivity index (χ0n) is 18.1. The van der Waals surface area contributed by atoms with E-state index in [1.54, 1.807) is 30.3 Å². The largest absolute Gasteiger partial charge is 0.483 e. The molecular weight excluding hydrogens is 388 g/mol. The molecule has 0 aliphatic rings. The summed E-state index contributed by atoms with van der Waals surface area (Å²) in [4.78, 5) is 24.7. The Labute approximate surface area is 183 Å². The topological polar surface area (TPSA) is 67.4 Å². The van der Waals surface area contributed by atoms with E-state index in [9.17, 15) is 9.59 Å². The van der Waals surface area contributed by atoms with Gasteiger partial charge in [-0.1, -0.05) is 50.2 Å². The first-order valence-corrected chi connectivity index (χ1v) is 10.5. The number of rotatable bonds is 8. The molecule has 0 saturated carbocycles. The van der Waals surface area contributed by atoms with Crippen LogP contribution in [0.5, 0.6) is 5.75 Å². The number of hydrogen-bond acceptors (Lipinski definition) is 3. The first kappa shape index (κ1) is 22.1. The van der Waals surface area contributed by atoms with Gasteiger partial charge in [0.25, 0.3) is 11.8 Å². The highest BCUT2D eigenvalue weighted by molar-refractivity contribution is 6.05. The summed E-state index contributed by atoms with van der Waals surface area (Å²) in [5, 5.41) is 5.69. The molecule has 5 heteroatoms. The van der Waals surface area contributed by atoms with E-state index in [0.717, 1.165) is 23.3 Å². The molecule has 2 amide bonds. The standard InChI is InChI=1S/C26H28N2O3/c1-4-18(2)22-10-7-8-12-24(22)31-17-25(29)27-20-13-15-21(16-14-20)28-26(30)23-11-6-5-9-19(23)3/h5-16,18H,4,17H2,1-3H3,(H,27,29)(H,28,30). The van der Waals surface area contributed by atoms with Crippen molar-refractivity contribution in [2.45, 2.75) is 33.1 Å². The highest BCUT2D eigenvalue weighted by Gasteiger charge is 2.12. The van der Waals surface area contributed by atoms with E-state index in [0.29, 0.717) is 22.9 Å². The van der Waals surface area contributed by atoms with Gasteiger partial charge in [0.05, 0.1) is 0 Å². The number of para-hydroxylation sites is 1. The summed E-state index contributed by atoms with van der Waals surface area (Å²) in [6.45, 7) is 6.10. The summed E-state index contributed by atoms with van der Waals surface area (Å²) in [6, 6.07) is 22.2. The van der Waals surface area contributed by atoms with Crippen molar-refractivity contribution in [3.8, 4) is 5.75 Å². The van der Waals surface area contributed by atoms with Gasteiger partial charge in [0, 0.05) is 16.9 Å². The molecule has 31 heavy (non-hydrogen) atoms. The Morgan fingerprint density at radius 3 is 2.16 bits per heavy atom. The molecule has 3 aromatic rings. The van der Waals surface area contributed by atoms with Crippen molar-refractivity contribution in [2.24, 2.45) is 0 Å². The number of aryl methyl sites for hydroxylation is 1. The first-order chi connectivity index (χ1) is 15.0. The van der Waals surface area contributed by atoms with Crippen LogP contribution in [0.3, 0.4) is 0 Å². The number of ether oxygens (including phenoxy) is 1. The number of hydrogen-bond donors (Lipinski definition) is 2. The van der Waals surface area contributed by atoms with E-state index < -0.39 is 0 Å². The molecule has 0 spiro atoms. The van der Waals surface area contributed by atoms with Crippen LogP contribution in [0.2, 0.25) is 0 Å². The van der Waals surface area contributed by atoms with Crippen LogP contribution in [0.25, 0.3) is 0 Å². The van der Waals surface area contributed by atoms with Crippen molar-refractivity contribution >= 4 is 23.2 Å². The van der Waals surface area contributed by atoms with Crippen LogP contribution in [0.15, 0.2) is 72.8 Å². The normalized spacial score (nSPS) is 11.5. The molecule has 160 valence electrons. The minimum absolute atomic E-state index is 0.0702. The average Bonchev–Trinajstić information content (AvgIpc) is 2.79. The zero-order chi connectivity index (χ0) is 22.2. The molecule has 0 bridgehead atoms. The van der Waals surface area contributed by atoms with Crippen molar-refractivity contribution in [3.63, 3.8) is 0 Å². The number of nitrogens with one attached hydrogen (secondary N) is 2. The molecule has 0 aliphatic heterocycles. The monoisotopic (exact) mass is 416 g/mol. The maximum Gasteiger partial charge on any atom is 0.262 e. The van der Waals surface area contributed by atoms with Gasteiger partial charge in [0.15, 0.2) is 6.61 Å². The Kier molecular flexibility index (Phi) is 7.44. The fourth-order valence-electron chi connectivity index (χ4n) is 3.24. The number of amides is 2. The molecule has 3 rings (SSSR count). The summed E-state index contributed by atoms with van der Waals surface area (Å²) in [6.07, 6.45) is 0.999. The van der Waals surface area contributed by atoms with Gasteiger partial charge in [0.1, 0.15) is 5.75 Å². The van der Waals surface area contributed by atoms with Gasteiger partial charge in [-0.15, -0.1) is 0 Å². The summed E-state index contributed by atoms with van der Waals surface area (Å²) < 4.78 is 5.76. The lowest BCUT2D eigenvalue weighted by Crippen LogP contribution is -2.20. The predicted molar refractivity (Wildman–Crippen MR) is 125 cm³/mol. The van der Waals surface area contributed by atoms with Gasteiger partial charge < -0.3 is 15.4 Å². The van der Waals surface area contributed by atoms with Crippen molar-refractivity contribution in [1.29, 1.82) is 0 Å². The van der Waals surface area contributed by atoms with Gasteiger partial charge in [-0.25, -0.2) is 0 Å². The molecule has 3 aromatic carbocycles. The molecular formula is C26H28N2O3. The second-order valence-corrected chi connectivity index (χ2v) is 7.53. The van der Waals surface area contributed by atoms with E-state index in [-0.39, 0.29) is 18.4 Å². The molecule has 0 aliphatic carbocycles. The van der Waals surface area contributed by atoms with Crippen LogP contribution < -0.4 is 15.4 Å². The summed E-state index contributed by atoms with van der Waals surface area (Å²) in [5.74, 6) is 0.696. The van der Waals surface area contributed by atoms with Crippen LogP contribution in [0.4, 0.5) is 11.4 Å². The van der Waals surface area contributed by atoms with E-state index in [1.165, 1.54) is 0 Å². The van der Waals surface area contributed by atoms with E-state index in [4.69, 9.17) is 4.74 Å².